The molecule has 0 aliphatic heterocycles. The maximum Gasteiger partial charge on any atom is 0.258 e. The van der Waals surface area contributed by atoms with Gasteiger partial charge in [-0.3, -0.25) is 4.79 Å². The summed E-state index contributed by atoms with van der Waals surface area (Å²) < 4.78 is 0. The summed E-state index contributed by atoms with van der Waals surface area (Å²) in [5.41, 5.74) is 1.65. The number of para-hydroxylation sites is 1. The van der Waals surface area contributed by atoms with Gasteiger partial charge in [-0.05, 0) is 17.5 Å². The Hall–Kier alpha value is -2.95. The summed E-state index contributed by atoms with van der Waals surface area (Å²) in [6.07, 6.45) is 1.61. The first-order valence-corrected chi connectivity index (χ1v) is 7.72. The fraction of sp³-hybridized carbons (Fsp3) is 0.211. The number of carbonyl (C=O) groups is 1. The van der Waals surface area contributed by atoms with Crippen LogP contribution in [0.4, 0.5) is 5.69 Å². The lowest BCUT2D eigenvalue weighted by Gasteiger charge is -2.22. The van der Waals surface area contributed by atoms with Crippen molar-refractivity contribution in [2.24, 2.45) is 0 Å². The van der Waals surface area contributed by atoms with Crippen molar-refractivity contribution in [3.63, 3.8) is 0 Å². The highest BCUT2D eigenvalue weighted by Gasteiger charge is 2.23. The van der Waals surface area contributed by atoms with Crippen molar-refractivity contribution >= 4 is 22.5 Å². The molecular formula is C19H20N2O3. The number of H-pyrrole nitrogens is 1. The molecule has 24 heavy (non-hydrogen) atoms. The zero-order chi connectivity index (χ0) is 17.5. The highest BCUT2D eigenvalue weighted by Crippen LogP contribution is 2.41. The number of phenolic OH excluding ortho intramolecular Hbond substituents is 2. The van der Waals surface area contributed by atoms with Gasteiger partial charge in [0.05, 0.1) is 5.56 Å². The summed E-state index contributed by atoms with van der Waals surface area (Å²) in [6, 6.07) is 10.6. The van der Waals surface area contributed by atoms with E-state index in [1.807, 2.05) is 45.0 Å². The van der Waals surface area contributed by atoms with Gasteiger partial charge in [-0.25, -0.2) is 0 Å². The molecule has 5 nitrogen and oxygen atoms in total. The summed E-state index contributed by atoms with van der Waals surface area (Å²) in [6.45, 7) is 5.85. The van der Waals surface area contributed by atoms with E-state index in [0.717, 1.165) is 10.9 Å². The number of benzene rings is 2. The van der Waals surface area contributed by atoms with E-state index in [4.69, 9.17) is 0 Å². The second-order valence-electron chi connectivity index (χ2n) is 6.81. The Bertz CT molecular complexity index is 920. The van der Waals surface area contributed by atoms with E-state index in [1.165, 1.54) is 6.07 Å². The minimum absolute atomic E-state index is 0.0257. The van der Waals surface area contributed by atoms with Gasteiger partial charge in [0, 0.05) is 22.7 Å². The van der Waals surface area contributed by atoms with Gasteiger partial charge < -0.3 is 20.5 Å². The van der Waals surface area contributed by atoms with E-state index < -0.39 is 5.91 Å². The van der Waals surface area contributed by atoms with Gasteiger partial charge in [0.2, 0.25) is 0 Å². The molecule has 3 rings (SSSR count). The van der Waals surface area contributed by atoms with Crippen LogP contribution in [0.15, 0.2) is 42.6 Å². The normalized spacial score (nSPS) is 11.6. The first-order chi connectivity index (χ1) is 11.3. The first-order valence-electron chi connectivity index (χ1n) is 7.72. The lowest BCUT2D eigenvalue weighted by molar-refractivity contribution is 0.102. The predicted molar refractivity (Wildman–Crippen MR) is 94.7 cm³/mol. The lowest BCUT2D eigenvalue weighted by Crippen LogP contribution is -2.15. The van der Waals surface area contributed by atoms with E-state index in [0.29, 0.717) is 11.1 Å². The van der Waals surface area contributed by atoms with Gasteiger partial charge in [0.25, 0.3) is 5.91 Å². The predicted octanol–water partition coefficient (Wildman–Crippen LogP) is 4.13. The van der Waals surface area contributed by atoms with E-state index in [2.05, 4.69) is 10.3 Å². The molecule has 0 spiro atoms. The Morgan fingerprint density at radius 1 is 1.08 bits per heavy atom. The topological polar surface area (TPSA) is 85.4 Å². The highest BCUT2D eigenvalue weighted by molar-refractivity contribution is 6.13. The van der Waals surface area contributed by atoms with Gasteiger partial charge in [0.1, 0.15) is 17.2 Å². The maximum atomic E-state index is 12.6. The Kier molecular flexibility index (Phi) is 3.72. The second kappa shape index (κ2) is 5.60. The van der Waals surface area contributed by atoms with Gasteiger partial charge in [-0.2, -0.15) is 0 Å². The minimum Gasteiger partial charge on any atom is -0.506 e. The number of nitrogens with one attached hydrogen (secondary N) is 2. The van der Waals surface area contributed by atoms with Gasteiger partial charge in [-0.1, -0.05) is 45.0 Å². The van der Waals surface area contributed by atoms with Crippen molar-refractivity contribution in [3.8, 4) is 11.5 Å². The number of hydrogen-bond donors (Lipinski definition) is 4. The molecule has 0 saturated carbocycles. The molecule has 0 atom stereocenters. The summed E-state index contributed by atoms with van der Waals surface area (Å²) >= 11 is 0. The quantitative estimate of drug-likeness (QED) is 0.535. The molecule has 1 aromatic heterocycles. The average Bonchev–Trinajstić information content (AvgIpc) is 2.94. The van der Waals surface area contributed by atoms with Crippen molar-refractivity contribution in [2.75, 3.05) is 5.32 Å². The zero-order valence-electron chi connectivity index (χ0n) is 13.8. The Morgan fingerprint density at radius 3 is 2.50 bits per heavy atom. The summed E-state index contributed by atoms with van der Waals surface area (Å²) in [4.78, 5) is 15.6. The highest BCUT2D eigenvalue weighted by atomic mass is 16.3. The molecular weight excluding hydrogens is 304 g/mol. The van der Waals surface area contributed by atoms with E-state index >= 15 is 0 Å². The van der Waals surface area contributed by atoms with Crippen LogP contribution in [-0.2, 0) is 5.41 Å². The van der Waals surface area contributed by atoms with Crippen molar-refractivity contribution in [3.05, 3.63) is 53.7 Å². The number of anilines is 1. The Labute approximate surface area is 140 Å². The molecule has 0 fully saturated rings. The molecule has 0 saturated heterocycles. The number of aromatic nitrogens is 1. The molecule has 1 heterocycles. The fourth-order valence-corrected chi connectivity index (χ4v) is 2.75. The number of fused-ring (bicyclic) bond motifs is 1. The number of rotatable bonds is 2. The van der Waals surface area contributed by atoms with Crippen LogP contribution in [0.25, 0.3) is 10.9 Å². The third-order valence-electron chi connectivity index (χ3n) is 4.04. The molecule has 0 bridgehead atoms. The summed E-state index contributed by atoms with van der Waals surface area (Å²) in [5, 5.41) is 23.9. The molecule has 1 amide bonds. The smallest absolute Gasteiger partial charge is 0.258 e. The number of amides is 1. The number of aromatic amines is 1. The standard InChI is InChI=1S/C19H20N2O3/c1-19(2,3)13-8-9-15(22)16(17(13)23)21-18(24)12-10-20-14-7-5-4-6-11(12)14/h4-10,20,22-23H,1-3H3,(H,21,24). The molecule has 124 valence electrons. The molecule has 0 unspecified atom stereocenters. The summed E-state index contributed by atoms with van der Waals surface area (Å²) in [5.74, 6) is -0.687. The summed E-state index contributed by atoms with van der Waals surface area (Å²) in [7, 11) is 0. The third-order valence-corrected chi connectivity index (χ3v) is 4.04. The monoisotopic (exact) mass is 324 g/mol. The van der Waals surface area contributed by atoms with Gasteiger partial charge in [0.15, 0.2) is 0 Å². The number of aromatic hydroxyl groups is 2. The molecule has 0 aliphatic carbocycles. The van der Waals surface area contributed by atoms with Crippen molar-refractivity contribution in [1.82, 2.24) is 4.98 Å². The van der Waals surface area contributed by atoms with Crippen LogP contribution in [0.3, 0.4) is 0 Å². The van der Waals surface area contributed by atoms with Gasteiger partial charge in [-0.15, -0.1) is 0 Å². The molecule has 2 aromatic carbocycles. The number of phenols is 2. The van der Waals surface area contributed by atoms with E-state index in [9.17, 15) is 15.0 Å². The van der Waals surface area contributed by atoms with Crippen LogP contribution in [0.5, 0.6) is 11.5 Å². The van der Waals surface area contributed by atoms with Crippen molar-refractivity contribution < 1.29 is 15.0 Å². The van der Waals surface area contributed by atoms with Crippen LogP contribution in [0, 0.1) is 0 Å². The number of hydrogen-bond acceptors (Lipinski definition) is 3. The molecule has 4 N–H and O–H groups in total. The average molecular weight is 324 g/mol. The van der Waals surface area contributed by atoms with Gasteiger partial charge >= 0.3 is 0 Å². The molecule has 0 aliphatic rings. The maximum absolute atomic E-state index is 12.6. The van der Waals surface area contributed by atoms with Crippen LogP contribution >= 0.6 is 0 Å². The van der Waals surface area contributed by atoms with E-state index in [-0.39, 0.29) is 22.6 Å². The van der Waals surface area contributed by atoms with Crippen LogP contribution in [0.2, 0.25) is 0 Å². The third kappa shape index (κ3) is 2.69. The zero-order valence-corrected chi connectivity index (χ0v) is 13.8. The van der Waals surface area contributed by atoms with Crippen molar-refractivity contribution in [1.29, 1.82) is 0 Å². The SMILES string of the molecule is CC(C)(C)c1ccc(O)c(NC(=O)c2c[nH]c3ccccc23)c1O. The lowest BCUT2D eigenvalue weighted by atomic mass is 9.86. The largest absolute Gasteiger partial charge is 0.506 e. The van der Waals surface area contributed by atoms with Crippen LogP contribution in [0.1, 0.15) is 36.7 Å². The fourth-order valence-electron chi connectivity index (χ4n) is 2.75. The minimum atomic E-state index is -0.399. The second-order valence-corrected chi connectivity index (χ2v) is 6.81. The molecule has 0 radical (unpaired) electrons. The van der Waals surface area contributed by atoms with Crippen LogP contribution in [-0.4, -0.2) is 21.1 Å². The molecule has 3 aromatic rings. The first kappa shape index (κ1) is 15.9. The van der Waals surface area contributed by atoms with E-state index in [1.54, 1.807) is 12.3 Å². The Morgan fingerprint density at radius 2 is 1.79 bits per heavy atom. The molecule has 5 heteroatoms. The number of carbonyl (C=O) groups excluding carboxylic acids is 1. The Balaban J connectivity index is 2.01. The van der Waals surface area contributed by atoms with Crippen LogP contribution < -0.4 is 5.32 Å². The van der Waals surface area contributed by atoms with Crippen molar-refractivity contribution in [2.45, 2.75) is 26.2 Å².